The molecule has 2 aliphatic rings. The van der Waals surface area contributed by atoms with Gasteiger partial charge in [-0.1, -0.05) is 12.5 Å². The van der Waals surface area contributed by atoms with Crippen LogP contribution in [0.25, 0.3) is 11.0 Å². The number of hydrogen-bond donors (Lipinski definition) is 1. The summed E-state index contributed by atoms with van der Waals surface area (Å²) in [6, 6.07) is 4.32. The molecular formula is C17H18N6O. The molecular weight excluding hydrogens is 304 g/mol. The first-order chi connectivity index (χ1) is 11.7. The number of rotatable bonds is 2. The molecule has 1 atom stereocenters. The SMILES string of the molecule is Cn1ncc2c(=O)[nH]c(N3CC4(CCC4)C3c3cccnc3)nc21. The second-order valence-corrected chi connectivity index (χ2v) is 6.93. The summed E-state index contributed by atoms with van der Waals surface area (Å²) in [7, 11) is 1.81. The van der Waals surface area contributed by atoms with Gasteiger partial charge >= 0.3 is 0 Å². The zero-order valence-electron chi connectivity index (χ0n) is 13.4. The molecule has 1 aliphatic heterocycles. The van der Waals surface area contributed by atoms with E-state index in [-0.39, 0.29) is 11.6 Å². The van der Waals surface area contributed by atoms with Crippen molar-refractivity contribution in [3.63, 3.8) is 0 Å². The van der Waals surface area contributed by atoms with Gasteiger partial charge in [-0.05, 0) is 24.5 Å². The number of nitrogens with one attached hydrogen (secondary N) is 1. The molecule has 1 spiro atoms. The normalized spacial score (nSPS) is 21.7. The van der Waals surface area contributed by atoms with Crippen molar-refractivity contribution in [3.8, 4) is 0 Å². The molecule has 1 N–H and O–H groups in total. The fourth-order valence-electron chi connectivity index (χ4n) is 4.22. The van der Waals surface area contributed by atoms with Gasteiger partial charge in [0.15, 0.2) is 5.65 Å². The summed E-state index contributed by atoms with van der Waals surface area (Å²) in [5.41, 5.74) is 1.98. The number of fused-ring (bicyclic) bond motifs is 1. The Hall–Kier alpha value is -2.70. The lowest BCUT2D eigenvalue weighted by atomic mass is 9.57. The highest BCUT2D eigenvalue weighted by molar-refractivity contribution is 5.74. The van der Waals surface area contributed by atoms with Gasteiger partial charge in [0, 0.05) is 31.4 Å². The minimum Gasteiger partial charge on any atom is -0.334 e. The molecule has 122 valence electrons. The number of H-pyrrole nitrogens is 1. The van der Waals surface area contributed by atoms with Gasteiger partial charge in [-0.3, -0.25) is 19.4 Å². The van der Waals surface area contributed by atoms with Gasteiger partial charge in [-0.2, -0.15) is 10.1 Å². The number of aromatic nitrogens is 5. The van der Waals surface area contributed by atoms with Crippen LogP contribution in [0.5, 0.6) is 0 Å². The Balaban J connectivity index is 1.61. The van der Waals surface area contributed by atoms with E-state index in [1.54, 1.807) is 24.1 Å². The Labute approximate surface area is 138 Å². The summed E-state index contributed by atoms with van der Waals surface area (Å²) in [5, 5.41) is 4.67. The average Bonchev–Trinajstić information content (AvgIpc) is 2.88. The molecule has 5 rings (SSSR count). The fraction of sp³-hybridized carbons (Fsp3) is 0.412. The van der Waals surface area contributed by atoms with Crippen molar-refractivity contribution in [2.45, 2.75) is 25.3 Å². The third-order valence-corrected chi connectivity index (χ3v) is 5.59. The van der Waals surface area contributed by atoms with Crippen LogP contribution in [0.1, 0.15) is 30.9 Å². The molecule has 1 aliphatic carbocycles. The molecule has 3 aromatic heterocycles. The van der Waals surface area contributed by atoms with E-state index >= 15 is 0 Å². The molecule has 1 saturated heterocycles. The Morgan fingerprint density at radius 1 is 1.33 bits per heavy atom. The second kappa shape index (κ2) is 4.66. The van der Waals surface area contributed by atoms with Crippen LogP contribution in [0.4, 0.5) is 5.95 Å². The lowest BCUT2D eigenvalue weighted by molar-refractivity contribution is 0.0267. The van der Waals surface area contributed by atoms with Gasteiger partial charge < -0.3 is 4.90 Å². The van der Waals surface area contributed by atoms with Crippen molar-refractivity contribution in [2.75, 3.05) is 11.4 Å². The summed E-state index contributed by atoms with van der Waals surface area (Å²) in [4.78, 5) is 26.4. The fourth-order valence-corrected chi connectivity index (χ4v) is 4.22. The molecule has 1 unspecified atom stereocenters. The van der Waals surface area contributed by atoms with Crippen LogP contribution in [-0.2, 0) is 7.05 Å². The lowest BCUT2D eigenvalue weighted by Gasteiger charge is -2.62. The monoisotopic (exact) mass is 322 g/mol. The Morgan fingerprint density at radius 3 is 2.92 bits per heavy atom. The number of anilines is 1. The molecule has 24 heavy (non-hydrogen) atoms. The van der Waals surface area contributed by atoms with Gasteiger partial charge in [-0.25, -0.2) is 0 Å². The first-order valence-electron chi connectivity index (χ1n) is 8.27. The summed E-state index contributed by atoms with van der Waals surface area (Å²) < 4.78 is 1.64. The topological polar surface area (TPSA) is 79.7 Å². The van der Waals surface area contributed by atoms with Crippen LogP contribution in [0.15, 0.2) is 35.5 Å². The zero-order valence-corrected chi connectivity index (χ0v) is 13.4. The van der Waals surface area contributed by atoms with E-state index in [9.17, 15) is 4.79 Å². The van der Waals surface area contributed by atoms with Gasteiger partial charge in [0.1, 0.15) is 5.39 Å². The van der Waals surface area contributed by atoms with Gasteiger partial charge in [0.25, 0.3) is 5.56 Å². The summed E-state index contributed by atoms with van der Waals surface area (Å²) in [6.07, 6.45) is 9.00. The van der Waals surface area contributed by atoms with E-state index in [1.165, 1.54) is 24.8 Å². The second-order valence-electron chi connectivity index (χ2n) is 6.93. The predicted molar refractivity (Wildman–Crippen MR) is 89.7 cm³/mol. The van der Waals surface area contributed by atoms with E-state index in [0.717, 1.165) is 6.54 Å². The highest BCUT2D eigenvalue weighted by Crippen LogP contribution is 2.60. The summed E-state index contributed by atoms with van der Waals surface area (Å²) >= 11 is 0. The predicted octanol–water partition coefficient (Wildman–Crippen LogP) is 1.78. The first-order valence-corrected chi connectivity index (χ1v) is 8.27. The number of nitrogens with zero attached hydrogens (tertiary/aromatic N) is 5. The average molecular weight is 322 g/mol. The van der Waals surface area contributed by atoms with Crippen molar-refractivity contribution in [3.05, 3.63) is 46.6 Å². The van der Waals surface area contributed by atoms with Crippen molar-refractivity contribution in [1.29, 1.82) is 0 Å². The van der Waals surface area contributed by atoms with Gasteiger partial charge in [0.05, 0.1) is 12.2 Å². The lowest BCUT2D eigenvalue weighted by Crippen LogP contribution is -2.62. The Morgan fingerprint density at radius 2 is 2.21 bits per heavy atom. The van der Waals surface area contributed by atoms with E-state index in [4.69, 9.17) is 0 Å². The van der Waals surface area contributed by atoms with E-state index in [2.05, 4.69) is 31.0 Å². The minimum absolute atomic E-state index is 0.136. The van der Waals surface area contributed by atoms with E-state index < -0.39 is 0 Å². The van der Waals surface area contributed by atoms with Crippen LogP contribution >= 0.6 is 0 Å². The molecule has 7 heteroatoms. The number of pyridine rings is 1. The maximum absolute atomic E-state index is 12.4. The maximum Gasteiger partial charge on any atom is 0.263 e. The van der Waals surface area contributed by atoms with Crippen molar-refractivity contribution >= 4 is 17.0 Å². The molecule has 4 heterocycles. The molecule has 1 saturated carbocycles. The van der Waals surface area contributed by atoms with Crippen molar-refractivity contribution < 1.29 is 0 Å². The molecule has 3 aromatic rings. The molecule has 7 nitrogen and oxygen atoms in total. The summed E-state index contributed by atoms with van der Waals surface area (Å²) in [6.45, 7) is 0.929. The van der Waals surface area contributed by atoms with Crippen LogP contribution in [0, 0.1) is 5.41 Å². The number of aryl methyl sites for hydroxylation is 1. The maximum atomic E-state index is 12.4. The van der Waals surface area contributed by atoms with E-state index in [0.29, 0.717) is 22.4 Å². The van der Waals surface area contributed by atoms with Crippen LogP contribution < -0.4 is 10.5 Å². The highest BCUT2D eigenvalue weighted by Gasteiger charge is 2.57. The number of aromatic amines is 1. The molecule has 0 aromatic carbocycles. The quantitative estimate of drug-likeness (QED) is 0.778. The van der Waals surface area contributed by atoms with Crippen LogP contribution in [0.2, 0.25) is 0 Å². The zero-order chi connectivity index (χ0) is 16.3. The van der Waals surface area contributed by atoms with Crippen LogP contribution in [-0.4, -0.2) is 31.3 Å². The third-order valence-electron chi connectivity index (χ3n) is 5.59. The Kier molecular flexibility index (Phi) is 2.66. The van der Waals surface area contributed by atoms with Crippen molar-refractivity contribution in [1.82, 2.24) is 24.7 Å². The number of hydrogen-bond acceptors (Lipinski definition) is 5. The molecule has 0 amide bonds. The standard InChI is InChI=1S/C17H18N6O/c1-22-14-12(9-19-22)15(24)21-16(20-14)23-10-17(5-3-6-17)13(23)11-4-2-7-18-8-11/h2,4,7-9,13H,3,5-6,10H2,1H3,(H,20,21,24). The Bertz CT molecular complexity index is 972. The van der Waals surface area contributed by atoms with Gasteiger partial charge in [0.2, 0.25) is 5.95 Å². The third kappa shape index (κ3) is 1.72. The minimum atomic E-state index is -0.136. The van der Waals surface area contributed by atoms with E-state index in [1.807, 2.05) is 12.3 Å². The molecule has 0 bridgehead atoms. The molecule has 2 fully saturated rings. The smallest absolute Gasteiger partial charge is 0.263 e. The molecule has 0 radical (unpaired) electrons. The summed E-state index contributed by atoms with van der Waals surface area (Å²) in [5.74, 6) is 0.627. The van der Waals surface area contributed by atoms with Crippen LogP contribution in [0.3, 0.4) is 0 Å². The highest BCUT2D eigenvalue weighted by atomic mass is 16.1. The van der Waals surface area contributed by atoms with Crippen molar-refractivity contribution in [2.24, 2.45) is 12.5 Å². The van der Waals surface area contributed by atoms with Gasteiger partial charge in [-0.15, -0.1) is 0 Å². The largest absolute Gasteiger partial charge is 0.334 e. The first kappa shape index (κ1) is 13.7.